The van der Waals surface area contributed by atoms with E-state index in [1.54, 1.807) is 30.5 Å². The first-order valence-corrected chi connectivity index (χ1v) is 5.83. The normalized spacial score (nSPS) is 10.5. The molecule has 0 saturated carbocycles. The van der Waals surface area contributed by atoms with Crippen LogP contribution in [0, 0.1) is 0 Å². The highest BCUT2D eigenvalue weighted by Crippen LogP contribution is 2.20. The van der Waals surface area contributed by atoms with Gasteiger partial charge in [-0.25, -0.2) is 0 Å². The number of rotatable bonds is 3. The molecule has 0 amide bonds. The van der Waals surface area contributed by atoms with Crippen molar-refractivity contribution in [2.45, 2.75) is 6.42 Å². The minimum absolute atomic E-state index is 0.206. The van der Waals surface area contributed by atoms with Crippen molar-refractivity contribution in [3.8, 4) is 17.2 Å². The molecular weight excluding hydrogens is 242 g/mol. The Hall–Kier alpha value is -2.69. The first-order valence-electron chi connectivity index (χ1n) is 5.83. The standard InChI is InChI=1S/C14H11N3O2/c18-12-6-4-10(5-7-12)14-16-13(17-19-14)9-11-3-1-2-8-15-11/h1-8,18H,9H2. The molecular formula is C14H11N3O2. The molecule has 2 heterocycles. The maximum absolute atomic E-state index is 9.23. The topological polar surface area (TPSA) is 72.0 Å². The number of phenols is 1. The zero-order valence-corrected chi connectivity index (χ0v) is 10.0. The lowest BCUT2D eigenvalue weighted by atomic mass is 10.2. The second kappa shape index (κ2) is 4.89. The van der Waals surface area contributed by atoms with Crippen molar-refractivity contribution in [2.24, 2.45) is 0 Å². The molecule has 5 heteroatoms. The average molecular weight is 253 g/mol. The fourth-order valence-electron chi connectivity index (χ4n) is 1.71. The van der Waals surface area contributed by atoms with Gasteiger partial charge < -0.3 is 9.63 Å². The average Bonchev–Trinajstić information content (AvgIpc) is 2.89. The summed E-state index contributed by atoms with van der Waals surface area (Å²) < 4.78 is 5.19. The van der Waals surface area contributed by atoms with Crippen LogP contribution in [0.5, 0.6) is 5.75 Å². The van der Waals surface area contributed by atoms with E-state index in [4.69, 9.17) is 4.52 Å². The van der Waals surface area contributed by atoms with E-state index in [2.05, 4.69) is 15.1 Å². The van der Waals surface area contributed by atoms with Gasteiger partial charge >= 0.3 is 0 Å². The van der Waals surface area contributed by atoms with Crippen molar-refractivity contribution in [3.63, 3.8) is 0 Å². The lowest BCUT2D eigenvalue weighted by Crippen LogP contribution is -1.93. The predicted molar refractivity (Wildman–Crippen MR) is 68.4 cm³/mol. The van der Waals surface area contributed by atoms with Crippen molar-refractivity contribution in [1.82, 2.24) is 15.1 Å². The van der Waals surface area contributed by atoms with E-state index in [9.17, 15) is 5.11 Å². The van der Waals surface area contributed by atoms with E-state index in [-0.39, 0.29) is 5.75 Å². The highest BCUT2D eigenvalue weighted by atomic mass is 16.5. The third-order valence-electron chi connectivity index (χ3n) is 2.65. The highest BCUT2D eigenvalue weighted by molar-refractivity contribution is 5.54. The first-order chi connectivity index (χ1) is 9.31. The van der Waals surface area contributed by atoms with E-state index >= 15 is 0 Å². The summed E-state index contributed by atoms with van der Waals surface area (Å²) in [4.78, 5) is 8.52. The molecule has 0 aliphatic heterocycles. The smallest absolute Gasteiger partial charge is 0.257 e. The van der Waals surface area contributed by atoms with Crippen molar-refractivity contribution >= 4 is 0 Å². The molecule has 0 saturated heterocycles. The molecule has 0 bridgehead atoms. The zero-order valence-electron chi connectivity index (χ0n) is 10.0. The summed E-state index contributed by atoms with van der Waals surface area (Å²) in [5, 5.41) is 13.2. The SMILES string of the molecule is Oc1ccc(-c2nc(Cc3ccccn3)no2)cc1. The van der Waals surface area contributed by atoms with Gasteiger partial charge in [-0.15, -0.1) is 0 Å². The number of hydrogen-bond donors (Lipinski definition) is 1. The zero-order chi connectivity index (χ0) is 13.1. The fraction of sp³-hybridized carbons (Fsp3) is 0.0714. The minimum atomic E-state index is 0.206. The van der Waals surface area contributed by atoms with Gasteiger partial charge in [0, 0.05) is 17.5 Å². The minimum Gasteiger partial charge on any atom is -0.508 e. The Morgan fingerprint density at radius 1 is 1.05 bits per heavy atom. The molecule has 0 aliphatic carbocycles. The van der Waals surface area contributed by atoms with Gasteiger partial charge in [0.25, 0.3) is 5.89 Å². The Morgan fingerprint density at radius 2 is 1.89 bits per heavy atom. The van der Waals surface area contributed by atoms with Crippen LogP contribution in [0.3, 0.4) is 0 Å². The van der Waals surface area contributed by atoms with Gasteiger partial charge in [0.15, 0.2) is 5.82 Å². The van der Waals surface area contributed by atoms with Gasteiger partial charge in [-0.3, -0.25) is 4.98 Å². The summed E-state index contributed by atoms with van der Waals surface area (Å²) in [6.45, 7) is 0. The Balaban J connectivity index is 1.82. The second-order valence-electron chi connectivity index (χ2n) is 4.06. The molecule has 94 valence electrons. The Bertz CT molecular complexity index is 663. The van der Waals surface area contributed by atoms with Crippen LogP contribution < -0.4 is 0 Å². The van der Waals surface area contributed by atoms with Crippen LogP contribution in [0.2, 0.25) is 0 Å². The van der Waals surface area contributed by atoms with Crippen LogP contribution in [0.25, 0.3) is 11.5 Å². The third kappa shape index (κ3) is 2.60. The van der Waals surface area contributed by atoms with Gasteiger partial charge in [-0.2, -0.15) is 4.98 Å². The van der Waals surface area contributed by atoms with Crippen LogP contribution in [0.15, 0.2) is 53.2 Å². The maximum Gasteiger partial charge on any atom is 0.257 e. The number of hydrogen-bond acceptors (Lipinski definition) is 5. The van der Waals surface area contributed by atoms with Crippen LogP contribution in [0.4, 0.5) is 0 Å². The molecule has 0 unspecified atom stereocenters. The maximum atomic E-state index is 9.23. The third-order valence-corrected chi connectivity index (χ3v) is 2.65. The number of aromatic nitrogens is 3. The largest absolute Gasteiger partial charge is 0.508 e. The van der Waals surface area contributed by atoms with Crippen molar-refractivity contribution in [1.29, 1.82) is 0 Å². The van der Waals surface area contributed by atoms with Gasteiger partial charge in [-0.1, -0.05) is 11.2 Å². The molecule has 0 fully saturated rings. The van der Waals surface area contributed by atoms with Crippen LogP contribution in [-0.4, -0.2) is 20.2 Å². The Morgan fingerprint density at radius 3 is 2.63 bits per heavy atom. The molecule has 0 aliphatic rings. The Labute approximate surface area is 109 Å². The molecule has 1 N–H and O–H groups in total. The van der Waals surface area contributed by atoms with Gasteiger partial charge in [0.2, 0.25) is 0 Å². The van der Waals surface area contributed by atoms with E-state index in [1.165, 1.54) is 0 Å². The highest BCUT2D eigenvalue weighted by Gasteiger charge is 2.09. The van der Waals surface area contributed by atoms with Crippen molar-refractivity contribution in [3.05, 3.63) is 60.2 Å². The molecule has 0 radical (unpaired) electrons. The van der Waals surface area contributed by atoms with E-state index in [1.807, 2.05) is 18.2 Å². The summed E-state index contributed by atoms with van der Waals surface area (Å²) >= 11 is 0. The summed E-state index contributed by atoms with van der Waals surface area (Å²) in [6, 6.07) is 12.3. The number of phenolic OH excluding ortho intramolecular Hbond substituents is 1. The summed E-state index contributed by atoms with van der Waals surface area (Å²) in [5.74, 6) is 1.23. The predicted octanol–water partition coefficient (Wildman–Crippen LogP) is 2.43. The molecule has 0 atom stereocenters. The lowest BCUT2D eigenvalue weighted by molar-refractivity contribution is 0.423. The molecule has 3 aromatic rings. The van der Waals surface area contributed by atoms with Crippen molar-refractivity contribution < 1.29 is 9.63 Å². The van der Waals surface area contributed by atoms with Gasteiger partial charge in [0.1, 0.15) is 5.75 Å². The molecule has 1 aromatic carbocycles. The monoisotopic (exact) mass is 253 g/mol. The first kappa shape index (κ1) is 11.4. The van der Waals surface area contributed by atoms with Crippen LogP contribution >= 0.6 is 0 Å². The Kier molecular flexibility index (Phi) is 2.94. The number of pyridine rings is 1. The van der Waals surface area contributed by atoms with Gasteiger partial charge in [-0.05, 0) is 36.4 Å². The molecule has 2 aromatic heterocycles. The fourth-order valence-corrected chi connectivity index (χ4v) is 1.71. The van der Waals surface area contributed by atoms with Crippen LogP contribution in [-0.2, 0) is 6.42 Å². The quantitative estimate of drug-likeness (QED) is 0.776. The summed E-state index contributed by atoms with van der Waals surface area (Å²) in [6.07, 6.45) is 2.26. The van der Waals surface area contributed by atoms with Crippen molar-refractivity contribution in [2.75, 3.05) is 0 Å². The van der Waals surface area contributed by atoms with Crippen LogP contribution in [0.1, 0.15) is 11.5 Å². The second-order valence-corrected chi connectivity index (χ2v) is 4.06. The number of benzene rings is 1. The molecule has 5 nitrogen and oxygen atoms in total. The molecule has 3 rings (SSSR count). The van der Waals surface area contributed by atoms with Gasteiger partial charge in [0.05, 0.1) is 6.42 Å². The lowest BCUT2D eigenvalue weighted by Gasteiger charge is -1.94. The summed E-state index contributed by atoms with van der Waals surface area (Å²) in [5.41, 5.74) is 1.66. The van der Waals surface area contributed by atoms with E-state index in [0.29, 0.717) is 18.1 Å². The number of nitrogens with zero attached hydrogens (tertiary/aromatic N) is 3. The van der Waals surface area contributed by atoms with E-state index in [0.717, 1.165) is 11.3 Å². The summed E-state index contributed by atoms with van der Waals surface area (Å²) in [7, 11) is 0. The molecule has 19 heavy (non-hydrogen) atoms. The molecule has 0 spiro atoms. The van der Waals surface area contributed by atoms with E-state index < -0.39 is 0 Å². The number of aromatic hydroxyl groups is 1.